The summed E-state index contributed by atoms with van der Waals surface area (Å²) in [5.41, 5.74) is 1.34. The van der Waals surface area contributed by atoms with Crippen molar-refractivity contribution in [2.75, 3.05) is 26.7 Å². The molecule has 0 spiro atoms. The zero-order chi connectivity index (χ0) is 14.2. The Kier molecular flexibility index (Phi) is 3.50. The molecular formula is C15H20FN3O. The van der Waals surface area contributed by atoms with Crippen molar-refractivity contribution in [1.82, 2.24) is 15.2 Å². The van der Waals surface area contributed by atoms with Crippen LogP contribution in [0.2, 0.25) is 0 Å². The Bertz CT molecular complexity index is 604. The van der Waals surface area contributed by atoms with Crippen molar-refractivity contribution in [2.45, 2.75) is 18.6 Å². The molecule has 1 unspecified atom stereocenters. The number of aromatic amines is 1. The van der Waals surface area contributed by atoms with Crippen LogP contribution < -0.4 is 5.32 Å². The lowest BCUT2D eigenvalue weighted by atomic mass is 10.0. The smallest absolute Gasteiger partial charge is 0.123 e. The van der Waals surface area contributed by atoms with Gasteiger partial charge in [0.2, 0.25) is 0 Å². The highest BCUT2D eigenvalue weighted by Crippen LogP contribution is 2.19. The summed E-state index contributed by atoms with van der Waals surface area (Å²) < 4.78 is 13.2. The van der Waals surface area contributed by atoms with E-state index in [-0.39, 0.29) is 5.82 Å². The molecule has 0 saturated carbocycles. The van der Waals surface area contributed by atoms with E-state index in [1.54, 1.807) is 6.07 Å². The van der Waals surface area contributed by atoms with E-state index in [2.05, 4.69) is 15.2 Å². The maximum Gasteiger partial charge on any atom is 0.123 e. The van der Waals surface area contributed by atoms with Crippen LogP contribution >= 0.6 is 0 Å². The van der Waals surface area contributed by atoms with E-state index < -0.39 is 5.60 Å². The Morgan fingerprint density at radius 1 is 1.40 bits per heavy atom. The fraction of sp³-hybridized carbons (Fsp3) is 0.467. The number of fused-ring (bicyclic) bond motifs is 1. The maximum absolute atomic E-state index is 13.2. The number of nitrogens with one attached hydrogen (secondary N) is 2. The average molecular weight is 277 g/mol. The summed E-state index contributed by atoms with van der Waals surface area (Å²) >= 11 is 0. The zero-order valence-corrected chi connectivity index (χ0v) is 11.6. The SMILES string of the molecule is CN(Cc1cc2cc(F)ccc2[nH]1)CC1(O)CCNC1. The van der Waals surface area contributed by atoms with Gasteiger partial charge in [-0.05, 0) is 44.3 Å². The molecule has 1 fully saturated rings. The van der Waals surface area contributed by atoms with E-state index in [1.165, 1.54) is 12.1 Å². The average Bonchev–Trinajstić information content (AvgIpc) is 2.94. The van der Waals surface area contributed by atoms with Gasteiger partial charge in [0.05, 0.1) is 5.60 Å². The number of aromatic nitrogens is 1. The number of aliphatic hydroxyl groups is 1. The third kappa shape index (κ3) is 2.85. The first-order valence-electron chi connectivity index (χ1n) is 6.93. The first-order valence-corrected chi connectivity index (χ1v) is 6.93. The van der Waals surface area contributed by atoms with Crippen LogP contribution in [-0.4, -0.2) is 47.3 Å². The van der Waals surface area contributed by atoms with Crippen molar-refractivity contribution in [1.29, 1.82) is 0 Å². The summed E-state index contributed by atoms with van der Waals surface area (Å²) in [6.45, 7) is 2.85. The van der Waals surface area contributed by atoms with Crippen LogP contribution in [0.25, 0.3) is 10.9 Å². The first-order chi connectivity index (χ1) is 9.54. The number of halogens is 1. The zero-order valence-electron chi connectivity index (χ0n) is 11.6. The lowest BCUT2D eigenvalue weighted by Crippen LogP contribution is -2.42. The molecule has 2 heterocycles. The molecule has 0 radical (unpaired) electrons. The van der Waals surface area contributed by atoms with E-state index in [0.29, 0.717) is 19.6 Å². The number of benzene rings is 1. The number of hydrogen-bond acceptors (Lipinski definition) is 3. The quantitative estimate of drug-likeness (QED) is 0.793. The number of H-pyrrole nitrogens is 1. The molecule has 1 aromatic heterocycles. The van der Waals surface area contributed by atoms with Crippen molar-refractivity contribution in [2.24, 2.45) is 0 Å². The van der Waals surface area contributed by atoms with Crippen molar-refractivity contribution >= 4 is 10.9 Å². The van der Waals surface area contributed by atoms with E-state index in [9.17, 15) is 9.50 Å². The largest absolute Gasteiger partial charge is 0.387 e. The maximum atomic E-state index is 13.2. The molecule has 1 aliphatic heterocycles. The fourth-order valence-corrected chi connectivity index (χ4v) is 2.96. The molecule has 1 aromatic carbocycles. The Balaban J connectivity index is 1.69. The number of likely N-dealkylation sites (N-methyl/N-ethyl adjacent to an activating group) is 1. The van der Waals surface area contributed by atoms with Crippen LogP contribution in [0.15, 0.2) is 24.3 Å². The highest BCUT2D eigenvalue weighted by molar-refractivity contribution is 5.80. The van der Waals surface area contributed by atoms with Crippen molar-refractivity contribution in [3.05, 3.63) is 35.8 Å². The molecule has 5 heteroatoms. The number of rotatable bonds is 4. The van der Waals surface area contributed by atoms with Gasteiger partial charge in [0, 0.05) is 36.2 Å². The summed E-state index contributed by atoms with van der Waals surface area (Å²) in [6.07, 6.45) is 0.787. The molecular weight excluding hydrogens is 257 g/mol. The summed E-state index contributed by atoms with van der Waals surface area (Å²) in [5, 5.41) is 14.4. The van der Waals surface area contributed by atoms with Gasteiger partial charge in [-0.25, -0.2) is 4.39 Å². The molecule has 0 aliphatic carbocycles. The summed E-state index contributed by atoms with van der Waals surface area (Å²) in [4.78, 5) is 5.38. The van der Waals surface area contributed by atoms with Gasteiger partial charge < -0.3 is 15.4 Å². The molecule has 2 aromatic rings. The van der Waals surface area contributed by atoms with E-state index in [0.717, 1.165) is 29.6 Å². The summed E-state index contributed by atoms with van der Waals surface area (Å²) in [5.74, 6) is -0.220. The standard InChI is InChI=1S/C15H20FN3O/c1-19(10-15(20)4-5-17-9-15)8-13-7-11-6-12(16)2-3-14(11)18-13/h2-3,6-7,17-18,20H,4-5,8-10H2,1H3. The van der Waals surface area contributed by atoms with Crippen LogP contribution in [-0.2, 0) is 6.54 Å². The third-order valence-corrected chi connectivity index (χ3v) is 3.86. The summed E-state index contributed by atoms with van der Waals surface area (Å²) in [6, 6.07) is 6.71. The van der Waals surface area contributed by atoms with Crippen LogP contribution in [0.5, 0.6) is 0 Å². The molecule has 20 heavy (non-hydrogen) atoms. The normalized spacial score (nSPS) is 23.0. The topological polar surface area (TPSA) is 51.3 Å². The molecule has 1 aliphatic rings. The molecule has 1 atom stereocenters. The minimum Gasteiger partial charge on any atom is -0.387 e. The van der Waals surface area contributed by atoms with Crippen molar-refractivity contribution in [3.8, 4) is 0 Å². The number of β-amino-alcohol motifs (C(OH)–C–C–N with tert-alkyl or cyclic N) is 1. The van der Waals surface area contributed by atoms with Gasteiger partial charge in [0.15, 0.2) is 0 Å². The van der Waals surface area contributed by atoms with Crippen LogP contribution in [0.1, 0.15) is 12.1 Å². The van der Waals surface area contributed by atoms with Crippen LogP contribution in [0.4, 0.5) is 4.39 Å². The molecule has 1 saturated heterocycles. The molecule has 0 amide bonds. The van der Waals surface area contributed by atoms with Gasteiger partial charge in [-0.1, -0.05) is 0 Å². The van der Waals surface area contributed by atoms with Gasteiger partial charge in [-0.2, -0.15) is 0 Å². The Morgan fingerprint density at radius 2 is 2.25 bits per heavy atom. The first kappa shape index (κ1) is 13.5. The number of nitrogens with zero attached hydrogens (tertiary/aromatic N) is 1. The van der Waals surface area contributed by atoms with Crippen molar-refractivity contribution in [3.63, 3.8) is 0 Å². The second-order valence-electron chi connectivity index (χ2n) is 5.85. The lowest BCUT2D eigenvalue weighted by molar-refractivity contribution is 0.0262. The van der Waals surface area contributed by atoms with E-state index >= 15 is 0 Å². The summed E-state index contributed by atoms with van der Waals surface area (Å²) in [7, 11) is 1.99. The van der Waals surface area contributed by atoms with Gasteiger partial charge in [0.25, 0.3) is 0 Å². The van der Waals surface area contributed by atoms with Gasteiger partial charge >= 0.3 is 0 Å². The molecule has 108 valence electrons. The molecule has 0 bridgehead atoms. The predicted molar refractivity (Wildman–Crippen MR) is 77.0 cm³/mol. The molecule has 3 N–H and O–H groups in total. The van der Waals surface area contributed by atoms with E-state index in [1.807, 2.05) is 13.1 Å². The number of hydrogen-bond donors (Lipinski definition) is 3. The minimum absolute atomic E-state index is 0.220. The van der Waals surface area contributed by atoms with Gasteiger partial charge in [0.1, 0.15) is 5.82 Å². The predicted octanol–water partition coefficient (Wildman–Crippen LogP) is 1.46. The highest BCUT2D eigenvalue weighted by atomic mass is 19.1. The molecule has 4 nitrogen and oxygen atoms in total. The Morgan fingerprint density at radius 3 is 3.00 bits per heavy atom. The second kappa shape index (κ2) is 5.16. The van der Waals surface area contributed by atoms with Crippen LogP contribution in [0.3, 0.4) is 0 Å². The Hall–Kier alpha value is -1.43. The minimum atomic E-state index is -0.632. The monoisotopic (exact) mass is 277 g/mol. The second-order valence-corrected chi connectivity index (χ2v) is 5.85. The Labute approximate surface area is 117 Å². The van der Waals surface area contributed by atoms with Crippen molar-refractivity contribution < 1.29 is 9.50 Å². The third-order valence-electron chi connectivity index (χ3n) is 3.86. The van der Waals surface area contributed by atoms with Gasteiger partial charge in [-0.15, -0.1) is 0 Å². The highest BCUT2D eigenvalue weighted by Gasteiger charge is 2.32. The fourth-order valence-electron chi connectivity index (χ4n) is 2.96. The van der Waals surface area contributed by atoms with Crippen LogP contribution in [0, 0.1) is 5.82 Å². The molecule has 3 rings (SSSR count). The lowest BCUT2D eigenvalue weighted by Gasteiger charge is -2.27. The van der Waals surface area contributed by atoms with Gasteiger partial charge in [-0.3, -0.25) is 4.90 Å². The van der Waals surface area contributed by atoms with E-state index in [4.69, 9.17) is 0 Å².